The Morgan fingerprint density at radius 1 is 1.56 bits per heavy atom. The van der Waals surface area contributed by atoms with Crippen LogP contribution in [0.2, 0.25) is 0 Å². The van der Waals surface area contributed by atoms with Crippen LogP contribution in [0.3, 0.4) is 0 Å². The molecule has 2 rings (SSSR count). The predicted octanol–water partition coefficient (Wildman–Crippen LogP) is 1.25. The van der Waals surface area contributed by atoms with Crippen LogP contribution in [0.1, 0.15) is 16.3 Å². The van der Waals surface area contributed by atoms with Gasteiger partial charge in [0.05, 0.1) is 6.54 Å². The van der Waals surface area contributed by atoms with Crippen LogP contribution in [-0.4, -0.2) is 20.8 Å². The van der Waals surface area contributed by atoms with E-state index in [1.165, 1.54) is 23.2 Å². The molecular formula is C9H7N3O4. The summed E-state index contributed by atoms with van der Waals surface area (Å²) in [5, 5.41) is 10.4. The van der Waals surface area contributed by atoms with E-state index in [9.17, 15) is 14.9 Å². The van der Waals surface area contributed by atoms with E-state index in [-0.39, 0.29) is 11.6 Å². The minimum Gasteiger partial charge on any atom is -0.456 e. The van der Waals surface area contributed by atoms with Crippen molar-refractivity contribution in [3.05, 3.63) is 46.3 Å². The second-order valence-corrected chi connectivity index (χ2v) is 3.08. The first-order valence-electron chi connectivity index (χ1n) is 4.39. The zero-order chi connectivity index (χ0) is 11.5. The predicted molar refractivity (Wildman–Crippen MR) is 52.1 cm³/mol. The maximum atomic E-state index is 10.4. The van der Waals surface area contributed by atoms with Crippen LogP contribution in [0.15, 0.2) is 29.1 Å². The molecule has 2 heterocycles. The van der Waals surface area contributed by atoms with Gasteiger partial charge in [-0.15, -0.1) is 0 Å². The van der Waals surface area contributed by atoms with Crippen molar-refractivity contribution >= 4 is 12.1 Å². The van der Waals surface area contributed by atoms with Gasteiger partial charge in [0.1, 0.15) is 12.0 Å². The Kier molecular flexibility index (Phi) is 2.50. The Balaban J connectivity index is 2.13. The van der Waals surface area contributed by atoms with E-state index >= 15 is 0 Å². The Morgan fingerprint density at radius 3 is 2.94 bits per heavy atom. The van der Waals surface area contributed by atoms with Gasteiger partial charge < -0.3 is 19.1 Å². The smallest absolute Gasteiger partial charge is 0.381 e. The van der Waals surface area contributed by atoms with Gasteiger partial charge in [-0.2, -0.15) is 0 Å². The fourth-order valence-corrected chi connectivity index (χ4v) is 1.25. The summed E-state index contributed by atoms with van der Waals surface area (Å²) >= 11 is 0. The quantitative estimate of drug-likeness (QED) is 0.440. The first kappa shape index (κ1) is 10.1. The van der Waals surface area contributed by atoms with Crippen LogP contribution in [0.4, 0.5) is 5.82 Å². The molecule has 0 unspecified atom stereocenters. The van der Waals surface area contributed by atoms with Crippen molar-refractivity contribution < 1.29 is 14.1 Å². The number of nitrogens with zero attached hydrogens (tertiary/aromatic N) is 3. The lowest BCUT2D eigenvalue weighted by Gasteiger charge is -1.94. The molecule has 82 valence electrons. The fourth-order valence-electron chi connectivity index (χ4n) is 1.25. The van der Waals surface area contributed by atoms with Gasteiger partial charge in [0.15, 0.2) is 12.0 Å². The number of nitro groups is 1. The van der Waals surface area contributed by atoms with Crippen molar-refractivity contribution in [2.45, 2.75) is 6.54 Å². The summed E-state index contributed by atoms with van der Waals surface area (Å²) in [6.07, 6.45) is 3.23. The van der Waals surface area contributed by atoms with E-state index in [0.717, 1.165) is 0 Å². The Hall–Kier alpha value is -2.44. The summed E-state index contributed by atoms with van der Waals surface area (Å²) in [6.45, 7) is 0.300. The van der Waals surface area contributed by atoms with Crippen LogP contribution in [0, 0.1) is 10.1 Å². The average molecular weight is 221 g/mol. The Bertz CT molecular complexity index is 528. The Morgan fingerprint density at radius 2 is 2.38 bits per heavy atom. The van der Waals surface area contributed by atoms with Crippen molar-refractivity contribution in [1.29, 1.82) is 0 Å². The number of carbonyl (C=O) groups excluding carboxylic acids is 1. The number of aldehydes is 1. The highest BCUT2D eigenvalue weighted by Crippen LogP contribution is 2.11. The summed E-state index contributed by atoms with van der Waals surface area (Å²) in [5.74, 6) is 0.543. The zero-order valence-corrected chi connectivity index (χ0v) is 8.07. The molecule has 0 fully saturated rings. The van der Waals surface area contributed by atoms with Crippen LogP contribution >= 0.6 is 0 Å². The number of imidazole rings is 1. The maximum absolute atomic E-state index is 10.4. The molecule has 0 atom stereocenters. The molecule has 2 aromatic rings. The molecule has 7 nitrogen and oxygen atoms in total. The number of furan rings is 1. The number of hydrogen-bond donors (Lipinski definition) is 0. The monoisotopic (exact) mass is 221 g/mol. The largest absolute Gasteiger partial charge is 0.456 e. The van der Waals surface area contributed by atoms with Gasteiger partial charge in [0, 0.05) is 0 Å². The number of hydrogen-bond acceptors (Lipinski definition) is 5. The van der Waals surface area contributed by atoms with E-state index < -0.39 is 4.92 Å². The first-order valence-corrected chi connectivity index (χ1v) is 4.39. The summed E-state index contributed by atoms with van der Waals surface area (Å²) in [7, 11) is 0. The molecule has 0 N–H and O–H groups in total. The highest BCUT2D eigenvalue weighted by Gasteiger charge is 2.10. The van der Waals surface area contributed by atoms with Crippen molar-refractivity contribution in [3.63, 3.8) is 0 Å². The molecule has 0 aliphatic heterocycles. The molecule has 0 aromatic carbocycles. The molecule has 0 bridgehead atoms. The van der Waals surface area contributed by atoms with Crippen molar-refractivity contribution in [1.82, 2.24) is 9.55 Å². The summed E-state index contributed by atoms with van der Waals surface area (Å²) in [4.78, 5) is 23.8. The molecule has 0 saturated heterocycles. The Labute approximate surface area is 89.5 Å². The van der Waals surface area contributed by atoms with Crippen LogP contribution in [-0.2, 0) is 6.54 Å². The number of aromatic nitrogens is 2. The van der Waals surface area contributed by atoms with Crippen LogP contribution < -0.4 is 0 Å². The lowest BCUT2D eigenvalue weighted by molar-refractivity contribution is -0.389. The first-order chi connectivity index (χ1) is 7.69. The highest BCUT2D eigenvalue weighted by atomic mass is 16.6. The molecular weight excluding hydrogens is 214 g/mol. The van der Waals surface area contributed by atoms with Gasteiger partial charge in [0.25, 0.3) is 0 Å². The molecule has 0 amide bonds. The van der Waals surface area contributed by atoms with E-state index in [4.69, 9.17) is 4.42 Å². The average Bonchev–Trinajstić information content (AvgIpc) is 2.87. The molecule has 0 radical (unpaired) electrons. The molecule has 7 heteroatoms. The minimum atomic E-state index is -0.574. The van der Waals surface area contributed by atoms with Gasteiger partial charge in [-0.1, -0.05) is 0 Å². The number of rotatable bonds is 4. The summed E-state index contributed by atoms with van der Waals surface area (Å²) < 4.78 is 6.63. The fraction of sp³-hybridized carbons (Fsp3) is 0.111. The lowest BCUT2D eigenvalue weighted by Crippen LogP contribution is -1.94. The molecule has 2 aromatic heterocycles. The second-order valence-electron chi connectivity index (χ2n) is 3.08. The lowest BCUT2D eigenvalue weighted by atomic mass is 10.4. The third kappa shape index (κ3) is 1.97. The zero-order valence-electron chi connectivity index (χ0n) is 8.07. The molecule has 0 aliphatic rings. The third-order valence-electron chi connectivity index (χ3n) is 1.94. The maximum Gasteiger partial charge on any atom is 0.381 e. The van der Waals surface area contributed by atoms with Crippen molar-refractivity contribution in [2.75, 3.05) is 0 Å². The van der Waals surface area contributed by atoms with Gasteiger partial charge >= 0.3 is 5.82 Å². The van der Waals surface area contributed by atoms with Crippen molar-refractivity contribution in [3.8, 4) is 0 Å². The van der Waals surface area contributed by atoms with Gasteiger partial charge in [-0.25, -0.2) is 0 Å². The standard InChI is InChI=1S/C9H7N3O4/c13-5-8-2-1-7(16-8)3-11-4-9(10-6-11)12(14)15/h1-2,4-6H,3H2. The molecule has 0 spiro atoms. The second kappa shape index (κ2) is 3.97. The van der Waals surface area contributed by atoms with Gasteiger partial charge in [0.2, 0.25) is 6.33 Å². The highest BCUT2D eigenvalue weighted by molar-refractivity contribution is 5.70. The summed E-state index contributed by atoms with van der Waals surface area (Å²) in [6, 6.07) is 3.17. The van der Waals surface area contributed by atoms with E-state index in [2.05, 4.69) is 4.98 Å². The van der Waals surface area contributed by atoms with Gasteiger partial charge in [-0.3, -0.25) is 4.79 Å². The molecule has 16 heavy (non-hydrogen) atoms. The normalized spacial score (nSPS) is 10.2. The van der Waals surface area contributed by atoms with E-state index in [0.29, 0.717) is 18.6 Å². The topological polar surface area (TPSA) is 91.2 Å². The van der Waals surface area contributed by atoms with Crippen LogP contribution in [0.25, 0.3) is 0 Å². The summed E-state index contributed by atoms with van der Waals surface area (Å²) in [5.41, 5.74) is 0. The number of carbonyl (C=O) groups is 1. The van der Waals surface area contributed by atoms with E-state index in [1.807, 2.05) is 0 Å². The minimum absolute atomic E-state index is 0.220. The van der Waals surface area contributed by atoms with Gasteiger partial charge in [-0.05, 0) is 22.0 Å². The molecule has 0 saturated carbocycles. The van der Waals surface area contributed by atoms with Crippen LogP contribution in [0.5, 0.6) is 0 Å². The SMILES string of the molecule is O=Cc1ccc(Cn2cnc([N+](=O)[O-])c2)o1. The van der Waals surface area contributed by atoms with Crippen molar-refractivity contribution in [2.24, 2.45) is 0 Å². The third-order valence-corrected chi connectivity index (χ3v) is 1.94. The molecule has 0 aliphatic carbocycles. The van der Waals surface area contributed by atoms with E-state index in [1.54, 1.807) is 6.07 Å².